The van der Waals surface area contributed by atoms with Gasteiger partial charge in [0.25, 0.3) is 0 Å². The van der Waals surface area contributed by atoms with Crippen molar-refractivity contribution in [3.63, 3.8) is 0 Å². The Labute approximate surface area is 157 Å². The fraction of sp³-hybridized carbons (Fsp3) is 0.0625. The average Bonchev–Trinajstić information content (AvgIpc) is 2.62. The maximum absolute atomic E-state index is 13.0. The van der Waals surface area contributed by atoms with Gasteiger partial charge in [-0.1, -0.05) is 11.6 Å². The molecule has 2 aromatic carbocycles. The van der Waals surface area contributed by atoms with Crippen LogP contribution in [0.3, 0.4) is 0 Å². The molecule has 0 aliphatic heterocycles. The number of nitrogen functional groups attached to an aromatic ring is 1. The van der Waals surface area contributed by atoms with Crippen molar-refractivity contribution in [2.24, 2.45) is 0 Å². The zero-order chi connectivity index (χ0) is 19.4. The summed E-state index contributed by atoms with van der Waals surface area (Å²) in [5, 5.41) is 14.2. The van der Waals surface area contributed by atoms with Crippen molar-refractivity contribution in [3.8, 4) is 5.75 Å². The topological polar surface area (TPSA) is 129 Å². The Bertz CT molecular complexity index is 986. The lowest BCUT2D eigenvalue weighted by atomic mass is 10.3. The number of ether oxygens (including phenoxy) is 1. The predicted molar refractivity (Wildman–Crippen MR) is 96.4 cm³/mol. The highest BCUT2D eigenvalue weighted by Gasteiger charge is 2.16. The smallest absolute Gasteiger partial charge is 0.312 e. The van der Waals surface area contributed by atoms with Crippen molar-refractivity contribution in [2.75, 3.05) is 11.1 Å². The molecule has 0 atom stereocenters. The first kappa shape index (κ1) is 18.3. The molecular weight excluding hydrogens is 379 g/mol. The van der Waals surface area contributed by atoms with E-state index in [1.54, 1.807) is 0 Å². The third kappa shape index (κ3) is 4.76. The van der Waals surface area contributed by atoms with Crippen LogP contribution >= 0.6 is 11.6 Å². The molecule has 0 fully saturated rings. The molecule has 1 aromatic heterocycles. The minimum absolute atomic E-state index is 0.0106. The van der Waals surface area contributed by atoms with Crippen LogP contribution in [0.15, 0.2) is 42.5 Å². The number of nitrogens with two attached hydrogens (primary N) is 1. The summed E-state index contributed by atoms with van der Waals surface area (Å²) in [6.07, 6.45) is 0. The molecule has 3 N–H and O–H groups in total. The van der Waals surface area contributed by atoms with Gasteiger partial charge in [-0.15, -0.1) is 0 Å². The van der Waals surface area contributed by atoms with Crippen molar-refractivity contribution in [3.05, 3.63) is 69.2 Å². The van der Waals surface area contributed by atoms with Gasteiger partial charge in [-0.2, -0.15) is 15.0 Å². The number of hydrogen-bond acceptors (Lipinski definition) is 8. The van der Waals surface area contributed by atoms with Crippen LogP contribution in [-0.4, -0.2) is 19.9 Å². The van der Waals surface area contributed by atoms with Gasteiger partial charge in [0, 0.05) is 16.8 Å². The molecule has 3 rings (SSSR count). The highest BCUT2D eigenvalue weighted by Crippen LogP contribution is 2.30. The number of benzene rings is 2. The monoisotopic (exact) mass is 390 g/mol. The van der Waals surface area contributed by atoms with E-state index in [4.69, 9.17) is 22.1 Å². The first-order chi connectivity index (χ1) is 12.9. The number of halogens is 2. The number of rotatable bonds is 6. The predicted octanol–water partition coefficient (Wildman–Crippen LogP) is 3.48. The van der Waals surface area contributed by atoms with E-state index < -0.39 is 4.92 Å². The molecule has 0 unspecified atom stereocenters. The summed E-state index contributed by atoms with van der Waals surface area (Å²) in [4.78, 5) is 22.5. The SMILES string of the molecule is Nc1nc(COc2ccc(Cl)cc2[N+](=O)[O-])nc(Nc2ccc(F)cc2)n1. The van der Waals surface area contributed by atoms with Crippen molar-refractivity contribution >= 4 is 34.9 Å². The van der Waals surface area contributed by atoms with Crippen LogP contribution < -0.4 is 15.8 Å². The van der Waals surface area contributed by atoms with E-state index in [0.29, 0.717) is 5.69 Å². The summed E-state index contributed by atoms with van der Waals surface area (Å²) in [7, 11) is 0. The molecular formula is C16H12ClFN6O3. The number of nitrogens with zero attached hydrogens (tertiary/aromatic N) is 4. The molecule has 3 aromatic rings. The third-order valence-electron chi connectivity index (χ3n) is 3.27. The van der Waals surface area contributed by atoms with Crippen LogP contribution in [-0.2, 0) is 6.61 Å². The molecule has 0 saturated carbocycles. The molecule has 0 bridgehead atoms. The minimum atomic E-state index is -0.607. The van der Waals surface area contributed by atoms with E-state index in [2.05, 4.69) is 20.3 Å². The molecule has 0 aliphatic rings. The van der Waals surface area contributed by atoms with Crippen molar-refractivity contribution in [2.45, 2.75) is 6.61 Å². The summed E-state index contributed by atoms with van der Waals surface area (Å²) in [6.45, 7) is -0.187. The Hall–Kier alpha value is -3.53. The van der Waals surface area contributed by atoms with Gasteiger partial charge in [-0.05, 0) is 36.4 Å². The van der Waals surface area contributed by atoms with Gasteiger partial charge in [0.15, 0.2) is 11.6 Å². The Morgan fingerprint density at radius 1 is 1.19 bits per heavy atom. The van der Waals surface area contributed by atoms with Gasteiger partial charge in [0.05, 0.1) is 4.92 Å². The number of aromatic nitrogens is 3. The van der Waals surface area contributed by atoms with Gasteiger partial charge >= 0.3 is 5.69 Å². The quantitative estimate of drug-likeness (QED) is 0.483. The summed E-state index contributed by atoms with van der Waals surface area (Å²) in [5.41, 5.74) is 5.92. The van der Waals surface area contributed by atoms with Crippen LogP contribution in [0.1, 0.15) is 5.82 Å². The maximum Gasteiger partial charge on any atom is 0.312 e. The summed E-state index contributed by atoms with van der Waals surface area (Å²) < 4.78 is 18.4. The fourth-order valence-corrected chi connectivity index (χ4v) is 2.28. The van der Waals surface area contributed by atoms with Crippen molar-refractivity contribution in [1.82, 2.24) is 15.0 Å². The highest BCUT2D eigenvalue weighted by molar-refractivity contribution is 6.30. The van der Waals surface area contributed by atoms with E-state index in [9.17, 15) is 14.5 Å². The standard InChI is InChI=1S/C16H12ClFN6O3/c17-9-1-6-13(12(7-9)24(25)26)27-8-14-21-15(19)23-16(22-14)20-11-4-2-10(18)3-5-11/h1-7H,8H2,(H3,19,20,21,22,23). The molecule has 11 heteroatoms. The van der Waals surface area contributed by atoms with E-state index in [1.165, 1.54) is 42.5 Å². The lowest BCUT2D eigenvalue weighted by molar-refractivity contribution is -0.385. The number of anilines is 3. The Morgan fingerprint density at radius 2 is 1.93 bits per heavy atom. The van der Waals surface area contributed by atoms with E-state index in [1.807, 2.05) is 0 Å². The zero-order valence-electron chi connectivity index (χ0n) is 13.6. The Balaban J connectivity index is 1.77. The number of hydrogen-bond donors (Lipinski definition) is 2. The van der Waals surface area contributed by atoms with Crippen LogP contribution in [0.5, 0.6) is 5.75 Å². The number of nitrogens with one attached hydrogen (secondary N) is 1. The molecule has 0 amide bonds. The second kappa shape index (κ2) is 7.79. The van der Waals surface area contributed by atoms with Crippen molar-refractivity contribution < 1.29 is 14.1 Å². The minimum Gasteiger partial charge on any atom is -0.479 e. The molecule has 0 aliphatic carbocycles. The number of nitro groups is 1. The van der Waals surface area contributed by atoms with E-state index in [-0.39, 0.29) is 46.6 Å². The second-order valence-corrected chi connectivity index (χ2v) is 5.66. The van der Waals surface area contributed by atoms with E-state index >= 15 is 0 Å². The van der Waals surface area contributed by atoms with Crippen LogP contribution in [0.25, 0.3) is 0 Å². The average molecular weight is 391 g/mol. The maximum atomic E-state index is 13.0. The summed E-state index contributed by atoms with van der Waals surface area (Å²) in [5.74, 6) is -0.167. The number of nitro benzene ring substituents is 1. The molecule has 0 saturated heterocycles. The second-order valence-electron chi connectivity index (χ2n) is 5.22. The van der Waals surface area contributed by atoms with Crippen molar-refractivity contribution in [1.29, 1.82) is 0 Å². The normalized spacial score (nSPS) is 10.4. The fourth-order valence-electron chi connectivity index (χ4n) is 2.12. The summed E-state index contributed by atoms with van der Waals surface area (Å²) >= 11 is 5.77. The lowest BCUT2D eigenvalue weighted by Gasteiger charge is -2.09. The lowest BCUT2D eigenvalue weighted by Crippen LogP contribution is -2.09. The third-order valence-corrected chi connectivity index (χ3v) is 3.51. The van der Waals surface area contributed by atoms with Gasteiger partial charge in [-0.25, -0.2) is 4.39 Å². The van der Waals surface area contributed by atoms with Gasteiger partial charge in [0.1, 0.15) is 12.4 Å². The van der Waals surface area contributed by atoms with Gasteiger partial charge in [-0.3, -0.25) is 10.1 Å². The molecule has 0 spiro atoms. The molecule has 1 heterocycles. The van der Waals surface area contributed by atoms with Crippen LogP contribution in [0.4, 0.5) is 27.7 Å². The molecule has 138 valence electrons. The van der Waals surface area contributed by atoms with Gasteiger partial charge < -0.3 is 15.8 Å². The van der Waals surface area contributed by atoms with Crippen LogP contribution in [0, 0.1) is 15.9 Å². The van der Waals surface area contributed by atoms with Crippen LogP contribution in [0.2, 0.25) is 5.02 Å². The highest BCUT2D eigenvalue weighted by atomic mass is 35.5. The first-order valence-electron chi connectivity index (χ1n) is 7.50. The molecule has 9 nitrogen and oxygen atoms in total. The van der Waals surface area contributed by atoms with Gasteiger partial charge in [0.2, 0.25) is 11.9 Å². The zero-order valence-corrected chi connectivity index (χ0v) is 14.4. The van der Waals surface area contributed by atoms with E-state index in [0.717, 1.165) is 0 Å². The first-order valence-corrected chi connectivity index (χ1v) is 7.88. The largest absolute Gasteiger partial charge is 0.479 e. The summed E-state index contributed by atoms with van der Waals surface area (Å²) in [6, 6.07) is 9.58. The molecule has 0 radical (unpaired) electrons. The Morgan fingerprint density at radius 3 is 2.63 bits per heavy atom. The molecule has 27 heavy (non-hydrogen) atoms. The Kier molecular flexibility index (Phi) is 5.27.